The number of rotatable bonds is 23. The molecule has 1 heterocycles. The van der Waals surface area contributed by atoms with Gasteiger partial charge in [-0.3, -0.25) is 52.7 Å². The van der Waals surface area contributed by atoms with Gasteiger partial charge < -0.3 is 74.9 Å². The van der Waals surface area contributed by atoms with Gasteiger partial charge in [0.1, 0.15) is 53.1 Å². The van der Waals surface area contributed by atoms with E-state index >= 15 is 4.79 Å². The summed E-state index contributed by atoms with van der Waals surface area (Å²) in [5.41, 5.74) is 20.7. The molecule has 1 spiro atoms. The fraction of sp³-hybridized carbons (Fsp3) is 0.549. The van der Waals surface area contributed by atoms with E-state index in [1.165, 1.54) is 18.2 Å². The Kier molecular flexibility index (Phi) is 25.1. The van der Waals surface area contributed by atoms with Crippen LogP contribution in [0, 0.1) is 23.6 Å². The van der Waals surface area contributed by atoms with E-state index in [1.54, 1.807) is 39.8 Å². The number of primary amides is 3. The molecule has 1 saturated carbocycles. The van der Waals surface area contributed by atoms with Crippen LogP contribution in [0.25, 0.3) is 0 Å². The molecule has 28 heteroatoms. The van der Waals surface area contributed by atoms with Crippen molar-refractivity contribution in [2.75, 3.05) is 37.7 Å². The Morgan fingerprint density at radius 3 is 2.23 bits per heavy atom. The maximum absolute atomic E-state index is 15.2. The summed E-state index contributed by atoms with van der Waals surface area (Å²) in [6.45, 7) is 5.40. The summed E-state index contributed by atoms with van der Waals surface area (Å²) in [6.07, 6.45) is -0.781. The molecule has 11 amide bonds. The molecule has 0 radical (unpaired) electrons. The standard InChI is InChI=1S/C51H73FN12O13S2/c1-5-28(4)43-48(74)60-34(13-14-39(54)66)47(73)63-51(22-33(51)44(56)70)50(76)61-37(26-79-78-18-15-41(68)58-36(46(72)62-43)20-29-7-11-32(65)12-8-29)49(75)64(24-30-9-10-31(52)21-38(30)77-17-6-16-53)25-42(69)59-35(19-27(2)3)45(71)57-23-40(55)67/h7-12,21,27-28,33-37,43,65H,5-6,13-20,22-26,53H2,1-4H3,(H2,54,66)(H2,55,67)(H2,56,70)(H,57,71)(H,58,68)(H,59,69)(H,60,74)(H,61,76)(H,62,72)(H,63,73)/t28-,33?,34-,35-,36-,37-,43-,51?/m0/s1. The Labute approximate surface area is 464 Å². The van der Waals surface area contributed by atoms with Gasteiger partial charge >= 0.3 is 0 Å². The number of nitrogens with two attached hydrogens (primary N) is 4. The monoisotopic (exact) mass is 1140 g/mol. The molecule has 25 nitrogen and oxygen atoms in total. The largest absolute Gasteiger partial charge is 0.508 e. The second kappa shape index (κ2) is 30.8. The van der Waals surface area contributed by atoms with E-state index in [2.05, 4.69) is 37.2 Å². The third-order valence-electron chi connectivity index (χ3n) is 13.0. The molecule has 434 valence electrons. The zero-order valence-electron chi connectivity index (χ0n) is 44.6. The SMILES string of the molecule is CC[C@H](C)[C@@H]1NC(=O)[C@H](Cc2ccc(O)cc2)NC(=O)CCSSC[C@@H](C(=O)N(CC(=O)N[C@@H](CC(C)C)C(=O)NCC(N)=O)Cc2ccc(F)cc2OCCCN)NC(=O)C2(CC2C(N)=O)NC(=O)[C@H](CCC(N)=O)NC1=O. The van der Waals surface area contributed by atoms with Crippen LogP contribution >= 0.6 is 21.6 Å². The number of hydrogen-bond donors (Lipinski definition) is 12. The number of nitrogens with one attached hydrogen (secondary N) is 7. The van der Waals surface area contributed by atoms with Gasteiger partial charge in [0.2, 0.25) is 65.0 Å². The van der Waals surface area contributed by atoms with E-state index in [9.17, 15) is 57.4 Å². The minimum atomic E-state index is -2.15. The number of phenolic OH excluding ortho intramolecular Hbond substituents is 1. The van der Waals surface area contributed by atoms with Crippen molar-refractivity contribution in [3.8, 4) is 11.5 Å². The van der Waals surface area contributed by atoms with E-state index in [4.69, 9.17) is 27.7 Å². The smallest absolute Gasteiger partial charge is 0.247 e. The lowest BCUT2D eigenvalue weighted by atomic mass is 9.96. The van der Waals surface area contributed by atoms with E-state index in [0.29, 0.717) is 18.4 Å². The summed E-state index contributed by atoms with van der Waals surface area (Å²) >= 11 is 0. The minimum Gasteiger partial charge on any atom is -0.508 e. The number of halogens is 1. The second-order valence-electron chi connectivity index (χ2n) is 19.8. The number of hydrogen-bond acceptors (Lipinski definition) is 16. The van der Waals surface area contributed by atoms with Crippen LogP contribution in [0.15, 0.2) is 42.5 Å². The molecule has 16 N–H and O–H groups in total. The number of ether oxygens (including phenoxy) is 1. The summed E-state index contributed by atoms with van der Waals surface area (Å²) in [5, 5.41) is 28.0. The lowest BCUT2D eigenvalue weighted by molar-refractivity contribution is -0.141. The maximum atomic E-state index is 15.2. The zero-order chi connectivity index (χ0) is 58.6. The highest BCUT2D eigenvalue weighted by Crippen LogP contribution is 2.44. The average molecular weight is 1150 g/mol. The highest BCUT2D eigenvalue weighted by Gasteiger charge is 2.65. The molecule has 0 bridgehead atoms. The molecule has 2 aliphatic rings. The Balaban J connectivity index is 1.82. The van der Waals surface area contributed by atoms with Crippen LogP contribution in [0.3, 0.4) is 0 Å². The fourth-order valence-electron chi connectivity index (χ4n) is 8.36. The number of nitrogens with zero attached hydrogens (tertiary/aromatic N) is 1. The van der Waals surface area contributed by atoms with Gasteiger partial charge in [-0.1, -0.05) is 73.9 Å². The number of phenols is 1. The van der Waals surface area contributed by atoms with Crippen LogP contribution in [-0.2, 0) is 65.7 Å². The van der Waals surface area contributed by atoms with Gasteiger partial charge in [-0.05, 0) is 67.8 Å². The van der Waals surface area contributed by atoms with Crippen LogP contribution in [0.5, 0.6) is 11.5 Å². The number of benzene rings is 2. The summed E-state index contributed by atoms with van der Waals surface area (Å²) in [7, 11) is 2.09. The quantitative estimate of drug-likeness (QED) is 0.0439. The number of carbonyl (C=O) groups excluding carboxylic acids is 11. The maximum Gasteiger partial charge on any atom is 0.247 e. The molecule has 1 saturated heterocycles. The van der Waals surface area contributed by atoms with Crippen molar-refractivity contribution in [1.82, 2.24) is 42.1 Å². The van der Waals surface area contributed by atoms with Crippen LogP contribution < -0.4 is 64.9 Å². The number of aromatic hydroxyl groups is 1. The first-order valence-electron chi connectivity index (χ1n) is 25.8. The molecule has 2 unspecified atom stereocenters. The Hall–Kier alpha value is -7.20. The van der Waals surface area contributed by atoms with Crippen LogP contribution in [0.1, 0.15) is 83.8 Å². The molecule has 1 aliphatic carbocycles. The van der Waals surface area contributed by atoms with Crippen LogP contribution in [-0.4, -0.2) is 148 Å². The van der Waals surface area contributed by atoms with Gasteiger partial charge in [0, 0.05) is 48.9 Å². The highest BCUT2D eigenvalue weighted by molar-refractivity contribution is 8.76. The summed E-state index contributed by atoms with van der Waals surface area (Å²) < 4.78 is 20.6. The van der Waals surface area contributed by atoms with Crippen molar-refractivity contribution in [3.63, 3.8) is 0 Å². The van der Waals surface area contributed by atoms with Gasteiger partial charge in [-0.15, -0.1) is 0 Å². The van der Waals surface area contributed by atoms with E-state index in [0.717, 1.165) is 38.6 Å². The predicted octanol–water partition coefficient (Wildman–Crippen LogP) is -1.64. The van der Waals surface area contributed by atoms with E-state index in [1.807, 2.05) is 0 Å². The topological polar surface area (TPSA) is 409 Å². The average Bonchev–Trinajstić information content (AvgIpc) is 4.24. The molecule has 2 fully saturated rings. The molecular weight excluding hydrogens is 1070 g/mol. The fourth-order valence-corrected chi connectivity index (χ4v) is 10.5. The Morgan fingerprint density at radius 1 is 0.899 bits per heavy atom. The van der Waals surface area contributed by atoms with Crippen molar-refractivity contribution < 1.29 is 67.0 Å². The summed E-state index contributed by atoms with van der Waals surface area (Å²) in [5.74, 6) is -12.9. The molecule has 2 aromatic rings. The predicted molar refractivity (Wildman–Crippen MR) is 290 cm³/mol. The third kappa shape index (κ3) is 20.2. The van der Waals surface area contributed by atoms with Crippen molar-refractivity contribution in [3.05, 3.63) is 59.4 Å². The zero-order valence-corrected chi connectivity index (χ0v) is 46.2. The lowest BCUT2D eigenvalue weighted by Gasteiger charge is -2.31. The van der Waals surface area contributed by atoms with Gasteiger partial charge in [-0.2, -0.15) is 0 Å². The van der Waals surface area contributed by atoms with Gasteiger partial charge in [0.05, 0.1) is 25.6 Å². The molecule has 79 heavy (non-hydrogen) atoms. The summed E-state index contributed by atoms with van der Waals surface area (Å²) in [6, 6.07) is 2.26. The first kappa shape index (κ1) is 64.3. The molecular formula is C51H73FN12O13S2. The number of amides is 11. The van der Waals surface area contributed by atoms with Crippen LogP contribution in [0.2, 0.25) is 0 Å². The highest BCUT2D eigenvalue weighted by atomic mass is 33.1. The van der Waals surface area contributed by atoms with Gasteiger partial charge in [-0.25, -0.2) is 4.39 Å². The third-order valence-corrected chi connectivity index (χ3v) is 15.4. The van der Waals surface area contributed by atoms with Crippen molar-refractivity contribution >= 4 is 86.6 Å². The molecule has 0 aromatic heterocycles. The Bertz CT molecular complexity index is 2550. The second-order valence-corrected chi connectivity index (χ2v) is 22.4. The van der Waals surface area contributed by atoms with E-state index in [-0.39, 0.29) is 73.3 Å². The van der Waals surface area contributed by atoms with Gasteiger partial charge in [0.15, 0.2) is 0 Å². The first-order chi connectivity index (χ1) is 37.4. The minimum absolute atomic E-state index is 0.0150. The normalized spacial score (nSPS) is 22.1. The summed E-state index contributed by atoms with van der Waals surface area (Å²) in [4.78, 5) is 151. The van der Waals surface area contributed by atoms with Gasteiger partial charge in [0.25, 0.3) is 0 Å². The Morgan fingerprint density at radius 2 is 1.61 bits per heavy atom. The number of carbonyl (C=O) groups is 11. The molecule has 1 aliphatic heterocycles. The van der Waals surface area contributed by atoms with Crippen molar-refractivity contribution in [2.45, 2.75) is 121 Å². The lowest BCUT2D eigenvalue weighted by Crippen LogP contribution is -2.62. The first-order valence-corrected chi connectivity index (χ1v) is 28.2. The van der Waals surface area contributed by atoms with Crippen LogP contribution in [0.4, 0.5) is 4.39 Å². The molecule has 4 rings (SSSR count). The van der Waals surface area contributed by atoms with E-state index < -0.39 is 151 Å². The van der Waals surface area contributed by atoms with Crippen molar-refractivity contribution in [1.29, 1.82) is 0 Å². The van der Waals surface area contributed by atoms with Crippen molar-refractivity contribution in [2.24, 2.45) is 40.7 Å². The molecule has 2 aromatic carbocycles. The molecule has 8 atom stereocenters.